The molecule has 0 aromatic heterocycles. The minimum Gasteiger partial charge on any atom is -0.270 e. The van der Waals surface area contributed by atoms with E-state index in [0.29, 0.717) is 5.92 Å². The van der Waals surface area contributed by atoms with E-state index in [4.69, 9.17) is 0 Å². The van der Waals surface area contributed by atoms with Gasteiger partial charge in [-0.3, -0.25) is 4.18 Å². The minimum absolute atomic E-state index is 0.206. The third kappa shape index (κ3) is 2.79. The molecule has 0 spiro atoms. The first kappa shape index (κ1) is 12.2. The first-order valence-electron chi connectivity index (χ1n) is 4.92. The number of rotatable bonds is 4. The lowest BCUT2D eigenvalue weighted by molar-refractivity contribution is 0.397. The second kappa shape index (κ2) is 4.77. The van der Waals surface area contributed by atoms with Crippen molar-refractivity contribution in [2.45, 2.75) is 31.1 Å². The summed E-state index contributed by atoms with van der Waals surface area (Å²) >= 11 is 0. The van der Waals surface area contributed by atoms with E-state index in [0.717, 1.165) is 19.1 Å². The molecule has 84 valence electrons. The molecule has 0 N–H and O–H groups in total. The van der Waals surface area contributed by atoms with Gasteiger partial charge in [0.15, 0.2) is 0 Å². The van der Waals surface area contributed by atoms with Gasteiger partial charge in [0.25, 0.3) is 10.1 Å². The van der Waals surface area contributed by atoms with Crippen LogP contribution in [0.4, 0.5) is 0 Å². The Morgan fingerprint density at radius 2 is 1.80 bits per heavy atom. The Labute approximate surface area is 91.2 Å². The monoisotopic (exact) mass is 228 g/mol. The van der Waals surface area contributed by atoms with Crippen LogP contribution in [-0.2, 0) is 14.3 Å². The van der Waals surface area contributed by atoms with Gasteiger partial charge >= 0.3 is 0 Å². The van der Waals surface area contributed by atoms with Crippen LogP contribution in [0.5, 0.6) is 0 Å². The highest BCUT2D eigenvalue weighted by atomic mass is 32.2. The SMILES string of the molecule is CCC(C)c1ccc(S(=O)(=O)OC)cc1. The molecule has 0 amide bonds. The van der Waals surface area contributed by atoms with E-state index >= 15 is 0 Å². The summed E-state index contributed by atoms with van der Waals surface area (Å²) in [6, 6.07) is 6.83. The van der Waals surface area contributed by atoms with E-state index < -0.39 is 10.1 Å². The lowest BCUT2D eigenvalue weighted by Gasteiger charge is -2.09. The lowest BCUT2D eigenvalue weighted by Crippen LogP contribution is -2.03. The van der Waals surface area contributed by atoms with Crippen LogP contribution in [-0.4, -0.2) is 15.5 Å². The fourth-order valence-electron chi connectivity index (χ4n) is 1.29. The van der Waals surface area contributed by atoms with E-state index in [-0.39, 0.29) is 4.90 Å². The summed E-state index contributed by atoms with van der Waals surface area (Å²) in [6.45, 7) is 4.21. The second-order valence-corrected chi connectivity index (χ2v) is 5.21. The van der Waals surface area contributed by atoms with Gasteiger partial charge in [-0.25, -0.2) is 0 Å². The van der Waals surface area contributed by atoms with Crippen LogP contribution >= 0.6 is 0 Å². The molecule has 0 heterocycles. The molecule has 0 bridgehead atoms. The van der Waals surface area contributed by atoms with Crippen LogP contribution < -0.4 is 0 Å². The van der Waals surface area contributed by atoms with Crippen molar-refractivity contribution >= 4 is 10.1 Å². The van der Waals surface area contributed by atoms with Crippen molar-refractivity contribution in [2.75, 3.05) is 7.11 Å². The van der Waals surface area contributed by atoms with Crippen molar-refractivity contribution in [2.24, 2.45) is 0 Å². The normalized spacial score (nSPS) is 13.8. The van der Waals surface area contributed by atoms with Crippen LogP contribution in [0.3, 0.4) is 0 Å². The average Bonchev–Trinajstić information content (AvgIpc) is 2.28. The second-order valence-electron chi connectivity index (χ2n) is 3.50. The highest BCUT2D eigenvalue weighted by Crippen LogP contribution is 2.20. The molecule has 1 unspecified atom stereocenters. The van der Waals surface area contributed by atoms with Crippen molar-refractivity contribution in [3.05, 3.63) is 29.8 Å². The molecule has 0 radical (unpaired) electrons. The largest absolute Gasteiger partial charge is 0.296 e. The fraction of sp³-hybridized carbons (Fsp3) is 0.455. The van der Waals surface area contributed by atoms with Crippen LogP contribution in [0.15, 0.2) is 29.2 Å². The van der Waals surface area contributed by atoms with E-state index in [1.54, 1.807) is 12.1 Å². The number of benzene rings is 1. The maximum atomic E-state index is 11.3. The number of hydrogen-bond donors (Lipinski definition) is 0. The van der Waals surface area contributed by atoms with E-state index in [2.05, 4.69) is 18.0 Å². The summed E-state index contributed by atoms with van der Waals surface area (Å²) < 4.78 is 27.1. The molecular weight excluding hydrogens is 212 g/mol. The first-order valence-corrected chi connectivity index (χ1v) is 6.32. The van der Waals surface area contributed by atoms with Crippen molar-refractivity contribution < 1.29 is 12.6 Å². The predicted molar refractivity (Wildman–Crippen MR) is 59.3 cm³/mol. The van der Waals surface area contributed by atoms with Gasteiger partial charge in [-0.2, -0.15) is 8.42 Å². The molecule has 1 aromatic rings. The van der Waals surface area contributed by atoms with Crippen molar-refractivity contribution in [1.29, 1.82) is 0 Å². The van der Waals surface area contributed by atoms with Crippen LogP contribution in [0.25, 0.3) is 0 Å². The third-order valence-corrected chi connectivity index (χ3v) is 3.86. The maximum absolute atomic E-state index is 11.3. The zero-order valence-corrected chi connectivity index (χ0v) is 10.0. The maximum Gasteiger partial charge on any atom is 0.296 e. The summed E-state index contributed by atoms with van der Waals surface area (Å²) in [5, 5.41) is 0. The third-order valence-electron chi connectivity index (χ3n) is 2.57. The number of hydrogen-bond acceptors (Lipinski definition) is 3. The molecule has 0 fully saturated rings. The molecular formula is C11H16O3S. The van der Waals surface area contributed by atoms with Crippen LogP contribution in [0.1, 0.15) is 31.7 Å². The van der Waals surface area contributed by atoms with Gasteiger partial charge in [0.2, 0.25) is 0 Å². The molecule has 1 atom stereocenters. The van der Waals surface area contributed by atoms with Gasteiger partial charge in [-0.05, 0) is 30.0 Å². The zero-order valence-electron chi connectivity index (χ0n) is 9.23. The van der Waals surface area contributed by atoms with E-state index in [9.17, 15) is 8.42 Å². The fourth-order valence-corrected chi connectivity index (χ4v) is 1.96. The molecule has 0 saturated heterocycles. The predicted octanol–water partition coefficient (Wildman–Crippen LogP) is 2.54. The highest BCUT2D eigenvalue weighted by Gasteiger charge is 2.12. The van der Waals surface area contributed by atoms with Gasteiger partial charge in [-0.1, -0.05) is 26.0 Å². The molecule has 1 aromatic carbocycles. The molecule has 15 heavy (non-hydrogen) atoms. The van der Waals surface area contributed by atoms with Gasteiger partial charge in [-0.15, -0.1) is 0 Å². The topological polar surface area (TPSA) is 43.4 Å². The average molecular weight is 228 g/mol. The van der Waals surface area contributed by atoms with Crippen LogP contribution in [0.2, 0.25) is 0 Å². The standard InChI is InChI=1S/C11H16O3S/c1-4-9(2)10-5-7-11(8-6-10)15(12,13)14-3/h5-9H,4H2,1-3H3. The van der Waals surface area contributed by atoms with Crippen molar-refractivity contribution in [3.8, 4) is 0 Å². The Morgan fingerprint density at radius 3 is 2.20 bits per heavy atom. The van der Waals surface area contributed by atoms with Gasteiger partial charge in [0.05, 0.1) is 12.0 Å². The Kier molecular flexibility index (Phi) is 3.88. The lowest BCUT2D eigenvalue weighted by atomic mass is 9.99. The van der Waals surface area contributed by atoms with Gasteiger partial charge in [0.1, 0.15) is 0 Å². The summed E-state index contributed by atoms with van der Waals surface area (Å²) in [5.41, 5.74) is 1.15. The minimum atomic E-state index is -3.55. The van der Waals surface area contributed by atoms with Crippen LogP contribution in [0, 0.1) is 0 Å². The summed E-state index contributed by atoms with van der Waals surface area (Å²) in [5.74, 6) is 0.448. The molecule has 3 nitrogen and oxygen atoms in total. The van der Waals surface area contributed by atoms with Crippen molar-refractivity contribution in [1.82, 2.24) is 0 Å². The quantitative estimate of drug-likeness (QED) is 0.744. The summed E-state index contributed by atoms with van der Waals surface area (Å²) in [7, 11) is -2.38. The Hall–Kier alpha value is -0.870. The van der Waals surface area contributed by atoms with Crippen molar-refractivity contribution in [3.63, 3.8) is 0 Å². The van der Waals surface area contributed by atoms with E-state index in [1.165, 1.54) is 0 Å². The molecule has 1 rings (SSSR count). The molecule has 4 heteroatoms. The Balaban J connectivity index is 3.00. The Bertz CT molecular complexity index is 406. The molecule has 0 aliphatic rings. The molecule has 0 saturated carbocycles. The van der Waals surface area contributed by atoms with Gasteiger partial charge in [0, 0.05) is 0 Å². The Morgan fingerprint density at radius 1 is 1.27 bits per heavy atom. The summed E-state index contributed by atoms with van der Waals surface area (Å²) in [6.07, 6.45) is 1.04. The van der Waals surface area contributed by atoms with Gasteiger partial charge < -0.3 is 0 Å². The zero-order chi connectivity index (χ0) is 11.5. The summed E-state index contributed by atoms with van der Waals surface area (Å²) in [4.78, 5) is 0.206. The highest BCUT2D eigenvalue weighted by molar-refractivity contribution is 7.86. The molecule has 0 aliphatic carbocycles. The smallest absolute Gasteiger partial charge is 0.270 e. The first-order chi connectivity index (χ1) is 7.01. The molecule has 0 aliphatic heterocycles. The van der Waals surface area contributed by atoms with E-state index in [1.807, 2.05) is 12.1 Å².